The zero-order chi connectivity index (χ0) is 14.2. The molecule has 1 N–H and O–H groups in total. The number of nitrogens with zero attached hydrogens (tertiary/aromatic N) is 1. The van der Waals surface area contributed by atoms with E-state index in [1.807, 2.05) is 30.3 Å². The number of aromatic nitrogens is 1. The number of rotatable bonds is 6. The molecule has 1 aromatic heterocycles. The van der Waals surface area contributed by atoms with Crippen molar-refractivity contribution in [1.29, 1.82) is 0 Å². The lowest BCUT2D eigenvalue weighted by Crippen LogP contribution is -2.26. The first-order chi connectivity index (χ1) is 9.75. The van der Waals surface area contributed by atoms with Gasteiger partial charge in [0.15, 0.2) is 0 Å². The van der Waals surface area contributed by atoms with E-state index in [1.54, 1.807) is 18.3 Å². The molecule has 0 aliphatic carbocycles. The summed E-state index contributed by atoms with van der Waals surface area (Å²) in [5.74, 6) is 0.672. The number of halogens is 1. The summed E-state index contributed by atoms with van der Waals surface area (Å²) in [6.07, 6.45) is 2.35. The molecule has 0 aliphatic rings. The monoisotopic (exact) mass is 334 g/mol. The van der Waals surface area contributed by atoms with Gasteiger partial charge in [0, 0.05) is 17.2 Å². The minimum absolute atomic E-state index is 0.169. The predicted molar refractivity (Wildman–Crippen MR) is 80.8 cm³/mol. The molecule has 104 valence electrons. The number of carbonyl (C=O) groups is 1. The van der Waals surface area contributed by atoms with Crippen LogP contribution in [0.5, 0.6) is 5.75 Å². The molecule has 1 amide bonds. The van der Waals surface area contributed by atoms with Crippen LogP contribution in [0, 0.1) is 0 Å². The number of ether oxygens (including phenoxy) is 1. The van der Waals surface area contributed by atoms with Crippen LogP contribution in [-0.4, -0.2) is 24.0 Å². The highest BCUT2D eigenvalue weighted by Crippen LogP contribution is 2.08. The van der Waals surface area contributed by atoms with Crippen LogP contribution in [0.3, 0.4) is 0 Å². The van der Waals surface area contributed by atoms with Gasteiger partial charge in [0.25, 0.3) is 5.91 Å². The highest BCUT2D eigenvalue weighted by atomic mass is 79.9. The Labute approximate surface area is 126 Å². The number of carbonyl (C=O) groups excluding carboxylic acids is 1. The Hall–Kier alpha value is -1.88. The molecule has 0 saturated heterocycles. The van der Waals surface area contributed by atoms with Gasteiger partial charge < -0.3 is 10.1 Å². The number of benzene rings is 1. The van der Waals surface area contributed by atoms with Crippen LogP contribution in [0.25, 0.3) is 0 Å². The molecule has 0 bridgehead atoms. The van der Waals surface area contributed by atoms with Gasteiger partial charge in [0.2, 0.25) is 0 Å². The summed E-state index contributed by atoms with van der Waals surface area (Å²) in [6.45, 7) is 1.13. The standard InChI is InChI=1S/C15H15BrN2O2/c16-12-7-8-14(18-11-12)15(19)17-9-4-10-20-13-5-2-1-3-6-13/h1-3,5-8,11H,4,9-10H2,(H,17,19). The van der Waals surface area contributed by atoms with E-state index in [0.717, 1.165) is 16.6 Å². The third-order valence-corrected chi connectivity index (χ3v) is 3.05. The molecule has 0 spiro atoms. The van der Waals surface area contributed by atoms with Crippen molar-refractivity contribution < 1.29 is 9.53 Å². The third-order valence-electron chi connectivity index (χ3n) is 2.58. The highest BCUT2D eigenvalue weighted by Gasteiger charge is 2.05. The van der Waals surface area contributed by atoms with Gasteiger partial charge in [0.1, 0.15) is 11.4 Å². The van der Waals surface area contributed by atoms with Gasteiger partial charge in [0.05, 0.1) is 6.61 Å². The first-order valence-corrected chi connectivity index (χ1v) is 7.12. The Morgan fingerprint density at radius 1 is 1.20 bits per heavy atom. The molecular formula is C15H15BrN2O2. The average molecular weight is 335 g/mol. The first kappa shape index (κ1) is 14.5. The van der Waals surface area contributed by atoms with E-state index in [9.17, 15) is 4.79 Å². The van der Waals surface area contributed by atoms with Gasteiger partial charge in [-0.25, -0.2) is 4.98 Å². The van der Waals surface area contributed by atoms with Crippen LogP contribution in [0.2, 0.25) is 0 Å². The second-order valence-corrected chi connectivity index (χ2v) is 5.05. The van der Waals surface area contributed by atoms with E-state index in [0.29, 0.717) is 18.8 Å². The fourth-order valence-electron chi connectivity index (χ4n) is 1.58. The predicted octanol–water partition coefficient (Wildman–Crippen LogP) is 3.04. The number of hydrogen-bond acceptors (Lipinski definition) is 3. The van der Waals surface area contributed by atoms with Crippen molar-refractivity contribution in [2.75, 3.05) is 13.2 Å². The summed E-state index contributed by atoms with van der Waals surface area (Å²) >= 11 is 3.28. The Morgan fingerprint density at radius 3 is 2.70 bits per heavy atom. The van der Waals surface area contributed by atoms with Gasteiger partial charge in [-0.3, -0.25) is 4.79 Å². The molecule has 4 nitrogen and oxygen atoms in total. The Bertz CT molecular complexity index is 544. The Balaban J connectivity index is 1.66. The lowest BCUT2D eigenvalue weighted by atomic mass is 10.3. The van der Waals surface area contributed by atoms with Gasteiger partial charge in [-0.1, -0.05) is 18.2 Å². The van der Waals surface area contributed by atoms with Crippen LogP contribution in [-0.2, 0) is 0 Å². The van der Waals surface area contributed by atoms with Crippen molar-refractivity contribution in [3.8, 4) is 5.75 Å². The zero-order valence-electron chi connectivity index (χ0n) is 10.9. The molecule has 0 atom stereocenters. The van der Waals surface area contributed by atoms with Gasteiger partial charge in [-0.2, -0.15) is 0 Å². The molecule has 2 aromatic rings. The second-order valence-electron chi connectivity index (χ2n) is 4.13. The second kappa shape index (κ2) is 7.65. The average Bonchev–Trinajstić information content (AvgIpc) is 2.48. The summed E-state index contributed by atoms with van der Waals surface area (Å²) in [6, 6.07) is 13.1. The van der Waals surface area contributed by atoms with Crippen molar-refractivity contribution in [1.82, 2.24) is 10.3 Å². The van der Waals surface area contributed by atoms with E-state index in [-0.39, 0.29) is 5.91 Å². The Kier molecular flexibility index (Phi) is 5.55. The molecule has 5 heteroatoms. The number of para-hydroxylation sites is 1. The van der Waals surface area contributed by atoms with Crippen LogP contribution >= 0.6 is 15.9 Å². The fraction of sp³-hybridized carbons (Fsp3) is 0.200. The summed E-state index contributed by atoms with van der Waals surface area (Å²) in [7, 11) is 0. The van der Waals surface area contributed by atoms with Crippen LogP contribution in [0.15, 0.2) is 53.1 Å². The highest BCUT2D eigenvalue weighted by molar-refractivity contribution is 9.10. The van der Waals surface area contributed by atoms with E-state index in [4.69, 9.17) is 4.74 Å². The van der Waals surface area contributed by atoms with Gasteiger partial charge in [-0.05, 0) is 46.6 Å². The lowest BCUT2D eigenvalue weighted by molar-refractivity contribution is 0.0946. The number of hydrogen-bond donors (Lipinski definition) is 1. The minimum atomic E-state index is -0.169. The summed E-state index contributed by atoms with van der Waals surface area (Å²) in [5.41, 5.74) is 0.414. The molecule has 0 radical (unpaired) electrons. The van der Waals surface area contributed by atoms with Crippen molar-refractivity contribution in [3.05, 3.63) is 58.8 Å². The molecule has 0 saturated carbocycles. The third kappa shape index (κ3) is 4.66. The zero-order valence-corrected chi connectivity index (χ0v) is 12.5. The molecular weight excluding hydrogens is 320 g/mol. The van der Waals surface area contributed by atoms with Crippen LogP contribution < -0.4 is 10.1 Å². The number of nitrogens with one attached hydrogen (secondary N) is 1. The molecule has 0 fully saturated rings. The van der Waals surface area contributed by atoms with Gasteiger partial charge in [-0.15, -0.1) is 0 Å². The van der Waals surface area contributed by atoms with E-state index < -0.39 is 0 Å². The molecule has 1 aromatic carbocycles. The van der Waals surface area contributed by atoms with Crippen molar-refractivity contribution in [2.45, 2.75) is 6.42 Å². The van der Waals surface area contributed by atoms with E-state index in [1.165, 1.54) is 0 Å². The van der Waals surface area contributed by atoms with Crippen molar-refractivity contribution in [2.24, 2.45) is 0 Å². The SMILES string of the molecule is O=C(NCCCOc1ccccc1)c1ccc(Br)cn1. The molecule has 2 rings (SSSR count). The topological polar surface area (TPSA) is 51.2 Å². The van der Waals surface area contributed by atoms with E-state index in [2.05, 4.69) is 26.2 Å². The first-order valence-electron chi connectivity index (χ1n) is 6.33. The summed E-state index contributed by atoms with van der Waals surface area (Å²) < 4.78 is 6.39. The van der Waals surface area contributed by atoms with Crippen LogP contribution in [0.1, 0.15) is 16.9 Å². The maximum absolute atomic E-state index is 11.8. The molecule has 0 aliphatic heterocycles. The van der Waals surface area contributed by atoms with Crippen LogP contribution in [0.4, 0.5) is 0 Å². The normalized spacial score (nSPS) is 10.1. The van der Waals surface area contributed by atoms with Crippen molar-refractivity contribution in [3.63, 3.8) is 0 Å². The Morgan fingerprint density at radius 2 is 2.00 bits per heavy atom. The number of pyridine rings is 1. The minimum Gasteiger partial charge on any atom is -0.494 e. The summed E-state index contributed by atoms with van der Waals surface area (Å²) in [5, 5.41) is 2.81. The maximum Gasteiger partial charge on any atom is 0.269 e. The van der Waals surface area contributed by atoms with E-state index >= 15 is 0 Å². The smallest absolute Gasteiger partial charge is 0.269 e. The molecule has 0 unspecified atom stereocenters. The summed E-state index contributed by atoms with van der Waals surface area (Å²) in [4.78, 5) is 15.8. The van der Waals surface area contributed by atoms with Gasteiger partial charge >= 0.3 is 0 Å². The van der Waals surface area contributed by atoms with Crippen molar-refractivity contribution >= 4 is 21.8 Å². The largest absolute Gasteiger partial charge is 0.494 e. The molecule has 20 heavy (non-hydrogen) atoms. The lowest BCUT2D eigenvalue weighted by Gasteiger charge is -2.07. The maximum atomic E-state index is 11.8. The quantitative estimate of drug-likeness (QED) is 0.826. The molecule has 1 heterocycles. The fourth-order valence-corrected chi connectivity index (χ4v) is 1.82. The number of amides is 1.